The summed E-state index contributed by atoms with van der Waals surface area (Å²) in [6, 6.07) is 13.1. The standard InChI is InChI=1S/C17H16FNO2/c1-12(19-16-6-4-3-5-15(16)18)11-17(20)13-7-9-14(21-2)10-8-13/h3-10,19H,1,11H2,2H3. The van der Waals surface area contributed by atoms with Crippen molar-refractivity contribution in [3.8, 4) is 5.75 Å². The number of allylic oxidation sites excluding steroid dienone is 1. The van der Waals surface area contributed by atoms with Crippen LogP contribution >= 0.6 is 0 Å². The van der Waals surface area contributed by atoms with E-state index in [0.29, 0.717) is 22.7 Å². The van der Waals surface area contributed by atoms with Gasteiger partial charge in [0.1, 0.15) is 11.6 Å². The Hall–Kier alpha value is -2.62. The summed E-state index contributed by atoms with van der Waals surface area (Å²) in [6.45, 7) is 3.77. The van der Waals surface area contributed by atoms with Crippen molar-refractivity contribution in [2.75, 3.05) is 12.4 Å². The molecule has 2 aromatic rings. The maximum atomic E-state index is 13.5. The lowest BCUT2D eigenvalue weighted by atomic mass is 10.1. The van der Waals surface area contributed by atoms with Gasteiger partial charge < -0.3 is 10.1 Å². The molecule has 21 heavy (non-hydrogen) atoms. The summed E-state index contributed by atoms with van der Waals surface area (Å²) < 4.78 is 18.5. The maximum Gasteiger partial charge on any atom is 0.168 e. The zero-order valence-electron chi connectivity index (χ0n) is 11.7. The largest absolute Gasteiger partial charge is 0.497 e. The van der Waals surface area contributed by atoms with Gasteiger partial charge in [0.2, 0.25) is 0 Å². The van der Waals surface area contributed by atoms with Crippen LogP contribution in [0.15, 0.2) is 60.8 Å². The number of halogens is 1. The van der Waals surface area contributed by atoms with E-state index in [9.17, 15) is 9.18 Å². The molecule has 2 aromatic carbocycles. The van der Waals surface area contributed by atoms with Gasteiger partial charge in [-0.2, -0.15) is 0 Å². The van der Waals surface area contributed by atoms with Crippen molar-refractivity contribution in [2.24, 2.45) is 0 Å². The highest BCUT2D eigenvalue weighted by molar-refractivity contribution is 5.97. The van der Waals surface area contributed by atoms with Gasteiger partial charge in [-0.05, 0) is 36.4 Å². The first-order valence-corrected chi connectivity index (χ1v) is 6.46. The molecule has 0 saturated carbocycles. The second-order valence-electron chi connectivity index (χ2n) is 4.54. The maximum absolute atomic E-state index is 13.5. The number of ketones is 1. The molecule has 1 N–H and O–H groups in total. The summed E-state index contributed by atoms with van der Waals surface area (Å²) in [5.74, 6) is 0.219. The van der Waals surface area contributed by atoms with Crippen LogP contribution in [0.5, 0.6) is 5.75 Å². The van der Waals surface area contributed by atoms with Crippen LogP contribution in [0.1, 0.15) is 16.8 Å². The topological polar surface area (TPSA) is 38.3 Å². The summed E-state index contributed by atoms with van der Waals surface area (Å²) in [7, 11) is 1.57. The zero-order valence-corrected chi connectivity index (χ0v) is 11.7. The molecule has 0 spiro atoms. The van der Waals surface area contributed by atoms with Crippen LogP contribution < -0.4 is 10.1 Å². The summed E-state index contributed by atoms with van der Waals surface area (Å²) >= 11 is 0. The quantitative estimate of drug-likeness (QED) is 0.814. The molecular weight excluding hydrogens is 269 g/mol. The van der Waals surface area contributed by atoms with Crippen molar-refractivity contribution in [2.45, 2.75) is 6.42 Å². The number of carbonyl (C=O) groups excluding carboxylic acids is 1. The number of hydrogen-bond donors (Lipinski definition) is 1. The molecule has 0 aliphatic carbocycles. The number of anilines is 1. The molecule has 0 bridgehead atoms. The predicted molar refractivity (Wildman–Crippen MR) is 81.1 cm³/mol. The smallest absolute Gasteiger partial charge is 0.168 e. The molecule has 2 rings (SSSR count). The lowest BCUT2D eigenvalue weighted by Gasteiger charge is -2.10. The Balaban J connectivity index is 1.98. The van der Waals surface area contributed by atoms with Gasteiger partial charge in [-0.3, -0.25) is 4.79 Å². The van der Waals surface area contributed by atoms with E-state index in [0.717, 1.165) is 0 Å². The minimum absolute atomic E-state index is 0.0912. The molecule has 0 atom stereocenters. The molecule has 0 heterocycles. The molecule has 0 amide bonds. The summed E-state index contributed by atoms with van der Waals surface area (Å²) in [5, 5.41) is 2.82. The zero-order chi connectivity index (χ0) is 15.2. The molecule has 0 fully saturated rings. The van der Waals surface area contributed by atoms with Crippen LogP contribution in [0.25, 0.3) is 0 Å². The molecule has 0 saturated heterocycles. The Labute approximate surface area is 123 Å². The fraction of sp³-hybridized carbons (Fsp3) is 0.118. The van der Waals surface area contributed by atoms with Crippen LogP contribution in [0, 0.1) is 5.82 Å². The lowest BCUT2D eigenvalue weighted by Crippen LogP contribution is -2.07. The van der Waals surface area contributed by atoms with E-state index in [1.165, 1.54) is 6.07 Å². The molecule has 0 aliphatic rings. The van der Waals surface area contributed by atoms with Gasteiger partial charge in [0.05, 0.1) is 19.2 Å². The van der Waals surface area contributed by atoms with Gasteiger partial charge in [0.25, 0.3) is 0 Å². The number of methoxy groups -OCH3 is 1. The minimum Gasteiger partial charge on any atom is -0.497 e. The van der Waals surface area contributed by atoms with Crippen molar-refractivity contribution in [3.63, 3.8) is 0 Å². The van der Waals surface area contributed by atoms with Crippen molar-refractivity contribution in [1.29, 1.82) is 0 Å². The SMILES string of the molecule is C=C(CC(=O)c1ccc(OC)cc1)Nc1ccccc1F. The molecule has 4 heteroatoms. The normalized spacial score (nSPS) is 10.0. The third-order valence-electron chi connectivity index (χ3n) is 2.97. The van der Waals surface area contributed by atoms with E-state index < -0.39 is 0 Å². The van der Waals surface area contributed by atoms with Crippen LogP contribution in [0.4, 0.5) is 10.1 Å². The Bertz CT molecular complexity index is 650. The van der Waals surface area contributed by atoms with E-state index >= 15 is 0 Å². The third-order valence-corrected chi connectivity index (χ3v) is 2.97. The van der Waals surface area contributed by atoms with Gasteiger partial charge in [-0.1, -0.05) is 18.7 Å². The van der Waals surface area contributed by atoms with E-state index in [1.807, 2.05) is 0 Å². The third kappa shape index (κ3) is 3.92. The highest BCUT2D eigenvalue weighted by atomic mass is 19.1. The molecule has 0 aliphatic heterocycles. The summed E-state index contributed by atoms with van der Waals surface area (Å²) in [4.78, 5) is 12.1. The fourth-order valence-electron chi connectivity index (χ4n) is 1.87. The average Bonchev–Trinajstić information content (AvgIpc) is 2.49. The highest BCUT2D eigenvalue weighted by Crippen LogP contribution is 2.18. The number of carbonyl (C=O) groups is 1. The Morgan fingerprint density at radius 3 is 2.48 bits per heavy atom. The Morgan fingerprint density at radius 2 is 1.86 bits per heavy atom. The summed E-state index contributed by atoms with van der Waals surface area (Å²) in [6.07, 6.45) is 0.0979. The first-order valence-electron chi connectivity index (χ1n) is 6.46. The van der Waals surface area contributed by atoms with E-state index in [4.69, 9.17) is 4.74 Å². The first kappa shape index (κ1) is 14.8. The van der Waals surface area contributed by atoms with Crippen LogP contribution in [0.3, 0.4) is 0 Å². The number of rotatable bonds is 6. The van der Waals surface area contributed by atoms with Crippen molar-refractivity contribution in [1.82, 2.24) is 0 Å². The van der Waals surface area contributed by atoms with Gasteiger partial charge >= 0.3 is 0 Å². The molecule has 0 radical (unpaired) electrons. The van der Waals surface area contributed by atoms with Crippen molar-refractivity contribution < 1.29 is 13.9 Å². The van der Waals surface area contributed by atoms with E-state index in [1.54, 1.807) is 49.6 Å². The number of nitrogens with one attached hydrogen (secondary N) is 1. The number of benzene rings is 2. The monoisotopic (exact) mass is 285 g/mol. The molecule has 108 valence electrons. The van der Waals surface area contributed by atoms with Gasteiger partial charge in [0.15, 0.2) is 5.78 Å². The molecule has 3 nitrogen and oxygen atoms in total. The second-order valence-corrected chi connectivity index (χ2v) is 4.54. The Kier molecular flexibility index (Phi) is 4.72. The highest BCUT2D eigenvalue weighted by Gasteiger charge is 2.09. The van der Waals surface area contributed by atoms with Crippen LogP contribution in [-0.4, -0.2) is 12.9 Å². The summed E-state index contributed by atoms with van der Waals surface area (Å²) in [5.41, 5.74) is 1.32. The fourth-order valence-corrected chi connectivity index (χ4v) is 1.87. The van der Waals surface area contributed by atoms with Gasteiger partial charge in [-0.15, -0.1) is 0 Å². The van der Waals surface area contributed by atoms with Crippen LogP contribution in [-0.2, 0) is 0 Å². The van der Waals surface area contributed by atoms with Crippen LogP contribution in [0.2, 0.25) is 0 Å². The minimum atomic E-state index is -0.379. The average molecular weight is 285 g/mol. The first-order chi connectivity index (χ1) is 10.1. The van der Waals surface area contributed by atoms with E-state index in [-0.39, 0.29) is 18.0 Å². The molecule has 0 aromatic heterocycles. The van der Waals surface area contributed by atoms with Gasteiger partial charge in [0, 0.05) is 11.3 Å². The van der Waals surface area contributed by atoms with Crippen molar-refractivity contribution in [3.05, 3.63) is 72.2 Å². The second kappa shape index (κ2) is 6.70. The van der Waals surface area contributed by atoms with E-state index in [2.05, 4.69) is 11.9 Å². The number of ether oxygens (including phenoxy) is 1. The van der Waals surface area contributed by atoms with Crippen molar-refractivity contribution >= 4 is 11.5 Å². The lowest BCUT2D eigenvalue weighted by molar-refractivity contribution is 0.0993. The number of hydrogen-bond acceptors (Lipinski definition) is 3. The Morgan fingerprint density at radius 1 is 1.19 bits per heavy atom. The number of Topliss-reactive ketones (excluding diaryl/α,β-unsaturated/α-hetero) is 1. The molecular formula is C17H16FNO2. The molecule has 0 unspecified atom stereocenters. The van der Waals surface area contributed by atoms with Gasteiger partial charge in [-0.25, -0.2) is 4.39 Å². The predicted octanol–water partition coefficient (Wildman–Crippen LogP) is 4.03. The number of para-hydroxylation sites is 1.